The number of rotatable bonds is 7. The SMILES string of the molecule is Cc1ccc(OC(C)C(=O)NCCn2nc(-c3cccs3)ccc2=O)c(C(C)(C)C)c1. The van der Waals surface area contributed by atoms with Crippen molar-refractivity contribution in [2.75, 3.05) is 6.54 Å². The zero-order valence-electron chi connectivity index (χ0n) is 18.6. The van der Waals surface area contributed by atoms with Crippen molar-refractivity contribution in [3.05, 3.63) is 69.3 Å². The minimum Gasteiger partial charge on any atom is -0.481 e. The number of nitrogens with zero attached hydrogens (tertiary/aromatic N) is 2. The topological polar surface area (TPSA) is 73.2 Å². The summed E-state index contributed by atoms with van der Waals surface area (Å²) in [6.45, 7) is 10.7. The van der Waals surface area contributed by atoms with Crippen LogP contribution in [0.5, 0.6) is 5.75 Å². The first-order chi connectivity index (χ1) is 14.6. The number of aromatic nitrogens is 2. The molecule has 1 atom stereocenters. The van der Waals surface area contributed by atoms with E-state index in [0.717, 1.165) is 21.7 Å². The molecule has 2 heterocycles. The van der Waals surface area contributed by atoms with Gasteiger partial charge in [-0.15, -0.1) is 11.3 Å². The number of thiophene rings is 1. The molecule has 1 amide bonds. The van der Waals surface area contributed by atoms with Crippen molar-refractivity contribution < 1.29 is 9.53 Å². The van der Waals surface area contributed by atoms with E-state index in [1.54, 1.807) is 24.3 Å². The Morgan fingerprint density at radius 2 is 2.00 bits per heavy atom. The van der Waals surface area contributed by atoms with Crippen molar-refractivity contribution in [1.29, 1.82) is 0 Å². The van der Waals surface area contributed by atoms with Crippen LogP contribution < -0.4 is 15.6 Å². The molecule has 0 saturated carbocycles. The highest BCUT2D eigenvalue weighted by molar-refractivity contribution is 7.13. The van der Waals surface area contributed by atoms with E-state index in [1.165, 1.54) is 10.7 Å². The molecule has 31 heavy (non-hydrogen) atoms. The molecule has 0 spiro atoms. The predicted molar refractivity (Wildman–Crippen MR) is 125 cm³/mol. The number of nitrogens with one attached hydrogen (secondary N) is 1. The number of carbonyl (C=O) groups is 1. The van der Waals surface area contributed by atoms with E-state index in [4.69, 9.17) is 4.74 Å². The van der Waals surface area contributed by atoms with Crippen LogP contribution in [0, 0.1) is 6.92 Å². The van der Waals surface area contributed by atoms with Gasteiger partial charge in [0.15, 0.2) is 6.10 Å². The summed E-state index contributed by atoms with van der Waals surface area (Å²) in [6, 6.07) is 13.1. The third kappa shape index (κ3) is 5.82. The third-order valence-corrected chi connectivity index (χ3v) is 5.77. The minimum atomic E-state index is -0.661. The van der Waals surface area contributed by atoms with E-state index in [2.05, 4.69) is 37.3 Å². The lowest BCUT2D eigenvalue weighted by Crippen LogP contribution is -2.39. The van der Waals surface area contributed by atoms with Crippen LogP contribution >= 0.6 is 11.3 Å². The maximum absolute atomic E-state index is 12.6. The lowest BCUT2D eigenvalue weighted by molar-refractivity contribution is -0.127. The van der Waals surface area contributed by atoms with E-state index in [0.29, 0.717) is 5.75 Å². The molecule has 0 bridgehead atoms. The predicted octanol–water partition coefficient (Wildman–Crippen LogP) is 4.16. The van der Waals surface area contributed by atoms with E-state index in [9.17, 15) is 9.59 Å². The molecular weight excluding hydrogens is 410 g/mol. The number of hydrogen-bond donors (Lipinski definition) is 1. The quantitative estimate of drug-likeness (QED) is 0.600. The molecule has 0 radical (unpaired) electrons. The maximum atomic E-state index is 12.6. The van der Waals surface area contributed by atoms with Crippen molar-refractivity contribution in [1.82, 2.24) is 15.1 Å². The van der Waals surface area contributed by atoms with Crippen LogP contribution in [-0.4, -0.2) is 28.3 Å². The van der Waals surface area contributed by atoms with Gasteiger partial charge in [-0.25, -0.2) is 4.68 Å². The molecule has 0 aliphatic rings. The molecule has 1 N–H and O–H groups in total. The van der Waals surface area contributed by atoms with Crippen LogP contribution in [0.3, 0.4) is 0 Å². The summed E-state index contributed by atoms with van der Waals surface area (Å²) in [5, 5.41) is 9.21. The van der Waals surface area contributed by atoms with E-state index >= 15 is 0 Å². The van der Waals surface area contributed by atoms with Gasteiger partial charge >= 0.3 is 0 Å². The number of hydrogen-bond acceptors (Lipinski definition) is 5. The molecular formula is C24H29N3O3S. The van der Waals surface area contributed by atoms with Crippen molar-refractivity contribution in [2.45, 2.75) is 52.7 Å². The molecule has 1 unspecified atom stereocenters. The number of ether oxygens (including phenoxy) is 1. The first-order valence-corrected chi connectivity index (χ1v) is 11.2. The summed E-state index contributed by atoms with van der Waals surface area (Å²) in [7, 11) is 0. The normalized spacial score (nSPS) is 12.4. The first kappa shape index (κ1) is 22.7. The number of benzene rings is 1. The Morgan fingerprint density at radius 3 is 2.68 bits per heavy atom. The average Bonchev–Trinajstić information content (AvgIpc) is 3.24. The second-order valence-electron chi connectivity index (χ2n) is 8.56. The van der Waals surface area contributed by atoms with E-state index in [1.807, 2.05) is 36.6 Å². The summed E-state index contributed by atoms with van der Waals surface area (Å²) in [6.07, 6.45) is -0.661. The first-order valence-electron chi connectivity index (χ1n) is 10.3. The molecule has 0 saturated heterocycles. The molecule has 7 heteroatoms. The molecule has 2 aromatic heterocycles. The summed E-state index contributed by atoms with van der Waals surface area (Å²) in [5.41, 5.74) is 2.66. The van der Waals surface area contributed by atoms with Crippen LogP contribution in [-0.2, 0) is 16.8 Å². The van der Waals surface area contributed by atoms with Gasteiger partial charge in [-0.3, -0.25) is 9.59 Å². The lowest BCUT2D eigenvalue weighted by Gasteiger charge is -2.25. The summed E-state index contributed by atoms with van der Waals surface area (Å²) in [5.74, 6) is 0.477. The highest BCUT2D eigenvalue weighted by Gasteiger charge is 2.22. The summed E-state index contributed by atoms with van der Waals surface area (Å²) < 4.78 is 7.36. The van der Waals surface area contributed by atoms with Gasteiger partial charge in [-0.05, 0) is 48.4 Å². The number of aryl methyl sites for hydroxylation is 1. The maximum Gasteiger partial charge on any atom is 0.266 e. The van der Waals surface area contributed by atoms with Crippen molar-refractivity contribution in [2.24, 2.45) is 0 Å². The monoisotopic (exact) mass is 439 g/mol. The van der Waals surface area contributed by atoms with Crippen molar-refractivity contribution in [3.63, 3.8) is 0 Å². The Balaban J connectivity index is 1.61. The zero-order chi connectivity index (χ0) is 22.6. The van der Waals surface area contributed by atoms with Crippen molar-refractivity contribution in [3.8, 4) is 16.3 Å². The van der Waals surface area contributed by atoms with Crippen LogP contribution in [0.1, 0.15) is 38.8 Å². The van der Waals surface area contributed by atoms with E-state index < -0.39 is 6.10 Å². The fourth-order valence-corrected chi connectivity index (χ4v) is 3.86. The standard InChI is InChI=1S/C24H29N3O3S/c1-16-8-10-20(18(15-16)24(3,4)5)30-17(2)23(29)25-12-13-27-22(28)11-9-19(26-27)21-7-6-14-31-21/h6-11,14-15,17H,12-13H2,1-5H3,(H,25,29). The minimum absolute atomic E-state index is 0.0992. The van der Waals surface area contributed by atoms with Gasteiger partial charge in [0.2, 0.25) is 0 Å². The Hall–Kier alpha value is -2.93. The van der Waals surface area contributed by atoms with Gasteiger partial charge in [-0.1, -0.05) is 44.5 Å². The molecule has 0 aliphatic carbocycles. The number of carbonyl (C=O) groups excluding carboxylic acids is 1. The molecule has 3 aromatic rings. The fraction of sp³-hybridized carbons (Fsp3) is 0.375. The van der Waals surface area contributed by atoms with Crippen LogP contribution in [0.2, 0.25) is 0 Å². The van der Waals surface area contributed by atoms with Crippen LogP contribution in [0.4, 0.5) is 0 Å². The Bertz CT molecular complexity index is 1100. The zero-order valence-corrected chi connectivity index (χ0v) is 19.5. The second kappa shape index (κ2) is 9.47. The Kier molecular flexibility index (Phi) is 6.95. The van der Waals surface area contributed by atoms with Gasteiger partial charge in [0.25, 0.3) is 11.5 Å². The lowest BCUT2D eigenvalue weighted by atomic mass is 9.85. The molecule has 164 valence electrons. The van der Waals surface area contributed by atoms with E-state index in [-0.39, 0.29) is 30.0 Å². The third-order valence-electron chi connectivity index (χ3n) is 4.88. The van der Waals surface area contributed by atoms with Gasteiger partial charge in [0.1, 0.15) is 11.4 Å². The molecule has 6 nitrogen and oxygen atoms in total. The van der Waals surface area contributed by atoms with Crippen LogP contribution in [0.25, 0.3) is 10.6 Å². The summed E-state index contributed by atoms with van der Waals surface area (Å²) >= 11 is 1.56. The number of amides is 1. The second-order valence-corrected chi connectivity index (χ2v) is 9.51. The smallest absolute Gasteiger partial charge is 0.266 e. The largest absolute Gasteiger partial charge is 0.481 e. The summed E-state index contributed by atoms with van der Waals surface area (Å²) in [4.78, 5) is 25.7. The fourth-order valence-electron chi connectivity index (χ4n) is 3.17. The Morgan fingerprint density at radius 1 is 1.23 bits per heavy atom. The highest BCUT2D eigenvalue weighted by atomic mass is 32.1. The molecule has 0 fully saturated rings. The average molecular weight is 440 g/mol. The van der Waals surface area contributed by atoms with Crippen LogP contribution in [0.15, 0.2) is 52.6 Å². The molecule has 1 aromatic carbocycles. The van der Waals surface area contributed by atoms with Gasteiger partial charge in [0.05, 0.1) is 11.4 Å². The molecule has 3 rings (SSSR count). The highest BCUT2D eigenvalue weighted by Crippen LogP contribution is 2.32. The molecule has 0 aliphatic heterocycles. The Labute approximate surface area is 186 Å². The van der Waals surface area contributed by atoms with Crippen molar-refractivity contribution >= 4 is 17.2 Å². The van der Waals surface area contributed by atoms with Gasteiger partial charge < -0.3 is 10.1 Å². The van der Waals surface area contributed by atoms with Gasteiger partial charge in [0, 0.05) is 12.6 Å². The van der Waals surface area contributed by atoms with Gasteiger partial charge in [-0.2, -0.15) is 5.10 Å².